The number of amides is 1. The maximum Gasteiger partial charge on any atom is 0.255 e. The molecule has 0 radical (unpaired) electrons. The van der Waals surface area contributed by atoms with Gasteiger partial charge in [-0.25, -0.2) is 0 Å². The average molecular weight is 365 g/mol. The third-order valence-corrected chi connectivity index (χ3v) is 4.29. The molecule has 0 unspecified atom stereocenters. The lowest BCUT2D eigenvalue weighted by Crippen LogP contribution is -2.12. The topological polar surface area (TPSA) is 65.4 Å². The summed E-state index contributed by atoms with van der Waals surface area (Å²) in [7, 11) is 3.13. The van der Waals surface area contributed by atoms with Crippen LogP contribution >= 0.6 is 0 Å². The van der Waals surface area contributed by atoms with Crippen molar-refractivity contribution < 1.29 is 14.3 Å². The molecule has 1 N–H and O–H groups in total. The van der Waals surface area contributed by atoms with Gasteiger partial charge in [-0.05, 0) is 49.7 Å². The van der Waals surface area contributed by atoms with Gasteiger partial charge in [-0.3, -0.25) is 9.48 Å². The van der Waals surface area contributed by atoms with Crippen LogP contribution < -0.4 is 14.8 Å². The molecule has 0 saturated heterocycles. The Morgan fingerprint density at radius 1 is 1.00 bits per heavy atom. The van der Waals surface area contributed by atoms with E-state index in [1.54, 1.807) is 32.4 Å². The minimum atomic E-state index is -0.181. The Bertz CT molecular complexity index is 946. The molecule has 140 valence electrons. The molecule has 6 heteroatoms. The van der Waals surface area contributed by atoms with E-state index in [0.29, 0.717) is 29.3 Å². The lowest BCUT2D eigenvalue weighted by atomic mass is 10.1. The quantitative estimate of drug-likeness (QED) is 0.721. The molecular formula is C21H23N3O3. The van der Waals surface area contributed by atoms with Crippen molar-refractivity contribution in [1.82, 2.24) is 9.78 Å². The minimum Gasteiger partial charge on any atom is -0.493 e. The van der Waals surface area contributed by atoms with Crippen LogP contribution in [0.25, 0.3) is 0 Å². The number of nitrogens with zero attached hydrogens (tertiary/aromatic N) is 2. The van der Waals surface area contributed by atoms with Gasteiger partial charge in [0.15, 0.2) is 11.5 Å². The van der Waals surface area contributed by atoms with Crippen LogP contribution in [0, 0.1) is 13.8 Å². The second-order valence-electron chi connectivity index (χ2n) is 6.31. The molecule has 0 aliphatic carbocycles. The second kappa shape index (κ2) is 7.95. The van der Waals surface area contributed by atoms with E-state index in [2.05, 4.69) is 10.4 Å². The maximum atomic E-state index is 12.5. The van der Waals surface area contributed by atoms with Crippen molar-refractivity contribution in [2.75, 3.05) is 19.5 Å². The highest BCUT2D eigenvalue weighted by Gasteiger charge is 2.10. The number of hydrogen-bond acceptors (Lipinski definition) is 4. The number of carbonyl (C=O) groups excluding carboxylic acids is 1. The summed E-state index contributed by atoms with van der Waals surface area (Å²) in [6.45, 7) is 4.69. The molecular weight excluding hydrogens is 342 g/mol. The van der Waals surface area contributed by atoms with E-state index in [0.717, 1.165) is 17.0 Å². The first-order valence-corrected chi connectivity index (χ1v) is 8.63. The number of aryl methyl sites for hydroxylation is 2. The third-order valence-electron chi connectivity index (χ3n) is 4.29. The monoisotopic (exact) mass is 365 g/mol. The van der Waals surface area contributed by atoms with E-state index in [4.69, 9.17) is 9.47 Å². The number of carbonyl (C=O) groups is 1. The molecule has 3 rings (SSSR count). The Morgan fingerprint density at radius 3 is 2.30 bits per heavy atom. The summed E-state index contributed by atoms with van der Waals surface area (Å²) in [6, 6.07) is 14.8. The summed E-state index contributed by atoms with van der Waals surface area (Å²) >= 11 is 0. The van der Waals surface area contributed by atoms with Gasteiger partial charge in [-0.15, -0.1) is 0 Å². The largest absolute Gasteiger partial charge is 0.493 e. The van der Waals surface area contributed by atoms with Crippen molar-refractivity contribution >= 4 is 11.6 Å². The molecule has 27 heavy (non-hydrogen) atoms. The maximum absolute atomic E-state index is 12.5. The number of hydrogen-bond donors (Lipinski definition) is 1. The molecule has 1 aromatic heterocycles. The molecule has 0 aliphatic heterocycles. The lowest BCUT2D eigenvalue weighted by Gasteiger charge is -2.11. The van der Waals surface area contributed by atoms with Crippen molar-refractivity contribution in [3.8, 4) is 11.5 Å². The molecule has 0 saturated carbocycles. The van der Waals surface area contributed by atoms with Crippen molar-refractivity contribution in [3.63, 3.8) is 0 Å². The first-order valence-electron chi connectivity index (χ1n) is 8.63. The van der Waals surface area contributed by atoms with Crippen LogP contribution in [0.3, 0.4) is 0 Å². The SMILES string of the molecule is COc1ccc(NC(=O)c2ccc(Cn3nc(C)cc3C)cc2)cc1OC. The number of benzene rings is 2. The van der Waals surface area contributed by atoms with Crippen LogP contribution in [0.4, 0.5) is 5.69 Å². The molecule has 2 aromatic carbocycles. The predicted octanol–water partition coefficient (Wildman–Crippen LogP) is 3.82. The highest BCUT2D eigenvalue weighted by Crippen LogP contribution is 2.29. The van der Waals surface area contributed by atoms with Crippen LogP contribution in [0.2, 0.25) is 0 Å². The molecule has 3 aromatic rings. The average Bonchev–Trinajstić information content (AvgIpc) is 2.99. The molecule has 1 heterocycles. The van der Waals surface area contributed by atoms with E-state index in [1.807, 2.05) is 48.9 Å². The van der Waals surface area contributed by atoms with Gasteiger partial charge in [0, 0.05) is 23.0 Å². The zero-order chi connectivity index (χ0) is 19.4. The molecule has 0 bridgehead atoms. The first kappa shape index (κ1) is 18.5. The van der Waals surface area contributed by atoms with E-state index in [1.165, 1.54) is 0 Å². The standard InChI is InChI=1S/C21H23N3O3/c1-14-11-15(2)24(23-14)13-16-5-7-17(8-6-16)21(25)22-18-9-10-19(26-3)20(12-18)27-4/h5-12H,13H2,1-4H3,(H,22,25). The zero-order valence-corrected chi connectivity index (χ0v) is 15.9. The Morgan fingerprint density at radius 2 is 1.70 bits per heavy atom. The van der Waals surface area contributed by atoms with Gasteiger partial charge in [0.2, 0.25) is 0 Å². The number of anilines is 1. The summed E-state index contributed by atoms with van der Waals surface area (Å²) in [6.07, 6.45) is 0. The molecule has 6 nitrogen and oxygen atoms in total. The van der Waals surface area contributed by atoms with Gasteiger partial charge in [0.05, 0.1) is 26.5 Å². The van der Waals surface area contributed by atoms with Gasteiger partial charge in [-0.2, -0.15) is 5.10 Å². The summed E-state index contributed by atoms with van der Waals surface area (Å²) in [5.74, 6) is 0.999. The number of methoxy groups -OCH3 is 2. The van der Waals surface area contributed by atoms with Crippen LogP contribution in [0.15, 0.2) is 48.5 Å². The lowest BCUT2D eigenvalue weighted by molar-refractivity contribution is 0.102. The molecule has 0 spiro atoms. The minimum absolute atomic E-state index is 0.181. The van der Waals surface area contributed by atoms with Crippen molar-refractivity contribution in [2.24, 2.45) is 0 Å². The molecule has 0 aliphatic rings. The van der Waals surface area contributed by atoms with Gasteiger partial charge < -0.3 is 14.8 Å². The van der Waals surface area contributed by atoms with Crippen LogP contribution in [0.1, 0.15) is 27.3 Å². The summed E-state index contributed by atoms with van der Waals surface area (Å²) < 4.78 is 12.4. The summed E-state index contributed by atoms with van der Waals surface area (Å²) in [5, 5.41) is 7.34. The Labute approximate surface area is 158 Å². The number of nitrogens with one attached hydrogen (secondary N) is 1. The normalized spacial score (nSPS) is 10.5. The fourth-order valence-electron chi connectivity index (χ4n) is 2.89. The van der Waals surface area contributed by atoms with Crippen LogP contribution in [-0.2, 0) is 6.54 Å². The first-order chi connectivity index (χ1) is 13.0. The van der Waals surface area contributed by atoms with Gasteiger partial charge in [-0.1, -0.05) is 12.1 Å². The van der Waals surface area contributed by atoms with Crippen molar-refractivity contribution in [3.05, 3.63) is 71.0 Å². The smallest absolute Gasteiger partial charge is 0.255 e. The fraction of sp³-hybridized carbons (Fsp3) is 0.238. The van der Waals surface area contributed by atoms with Crippen molar-refractivity contribution in [1.29, 1.82) is 0 Å². The fourth-order valence-corrected chi connectivity index (χ4v) is 2.89. The Balaban J connectivity index is 1.69. The molecule has 0 fully saturated rings. The van der Waals surface area contributed by atoms with Crippen molar-refractivity contribution in [2.45, 2.75) is 20.4 Å². The van der Waals surface area contributed by atoms with Crippen LogP contribution in [-0.4, -0.2) is 29.9 Å². The van der Waals surface area contributed by atoms with Gasteiger partial charge >= 0.3 is 0 Å². The van der Waals surface area contributed by atoms with Crippen LogP contribution in [0.5, 0.6) is 11.5 Å². The van der Waals surface area contributed by atoms with E-state index in [-0.39, 0.29) is 5.91 Å². The Hall–Kier alpha value is -3.28. The van der Waals surface area contributed by atoms with E-state index < -0.39 is 0 Å². The summed E-state index contributed by atoms with van der Waals surface area (Å²) in [4.78, 5) is 12.5. The zero-order valence-electron chi connectivity index (χ0n) is 15.9. The molecule has 0 atom stereocenters. The van der Waals surface area contributed by atoms with E-state index >= 15 is 0 Å². The Kier molecular flexibility index (Phi) is 5.45. The van der Waals surface area contributed by atoms with Gasteiger partial charge in [0.1, 0.15) is 0 Å². The highest BCUT2D eigenvalue weighted by atomic mass is 16.5. The third kappa shape index (κ3) is 4.28. The second-order valence-corrected chi connectivity index (χ2v) is 6.31. The van der Waals surface area contributed by atoms with E-state index in [9.17, 15) is 4.79 Å². The highest BCUT2D eigenvalue weighted by molar-refractivity contribution is 6.04. The number of aromatic nitrogens is 2. The predicted molar refractivity (Wildman–Crippen MR) is 105 cm³/mol. The van der Waals surface area contributed by atoms with Gasteiger partial charge in [0.25, 0.3) is 5.91 Å². The number of rotatable bonds is 6. The number of ether oxygens (including phenoxy) is 2. The molecule has 1 amide bonds. The summed E-state index contributed by atoms with van der Waals surface area (Å²) in [5.41, 5.74) is 4.43.